The first-order valence-corrected chi connectivity index (χ1v) is 7.95. The van der Waals surface area contributed by atoms with Gasteiger partial charge in [0.15, 0.2) is 0 Å². The van der Waals surface area contributed by atoms with Crippen molar-refractivity contribution in [1.29, 1.82) is 0 Å². The van der Waals surface area contributed by atoms with Crippen molar-refractivity contribution in [2.45, 2.75) is 13.3 Å². The van der Waals surface area contributed by atoms with E-state index in [1.165, 1.54) is 24.3 Å². The number of halogens is 2. The maximum Gasteiger partial charge on any atom is 0.228 e. The van der Waals surface area contributed by atoms with Crippen LogP contribution in [0.4, 0.5) is 15.8 Å². The van der Waals surface area contributed by atoms with Crippen LogP contribution in [0.25, 0.3) is 0 Å². The lowest BCUT2D eigenvalue weighted by Gasteiger charge is -2.09. The predicted octanol–water partition coefficient (Wildman–Crippen LogP) is 4.00. The van der Waals surface area contributed by atoms with E-state index in [4.69, 9.17) is 11.6 Å². The van der Waals surface area contributed by atoms with Gasteiger partial charge in [-0.1, -0.05) is 11.6 Å². The summed E-state index contributed by atoms with van der Waals surface area (Å²) in [6, 6.07) is 10.7. The molecule has 0 aromatic heterocycles. The van der Waals surface area contributed by atoms with Gasteiger partial charge in [0.05, 0.1) is 11.8 Å². The number of anilines is 2. The molecule has 1 saturated carbocycles. The van der Waals surface area contributed by atoms with Gasteiger partial charge in [0.1, 0.15) is 5.82 Å². The quantitative estimate of drug-likeness (QED) is 0.879. The van der Waals surface area contributed by atoms with Crippen LogP contribution in [0.15, 0.2) is 42.5 Å². The van der Waals surface area contributed by atoms with Crippen molar-refractivity contribution in [1.82, 2.24) is 0 Å². The number of carbonyl (C=O) groups excluding carboxylic acids is 2. The molecule has 0 bridgehead atoms. The molecule has 24 heavy (non-hydrogen) atoms. The van der Waals surface area contributed by atoms with Crippen LogP contribution in [0.5, 0.6) is 0 Å². The van der Waals surface area contributed by atoms with Crippen molar-refractivity contribution >= 4 is 34.8 Å². The van der Waals surface area contributed by atoms with Crippen molar-refractivity contribution in [2.75, 3.05) is 10.6 Å². The maximum absolute atomic E-state index is 12.9. The molecule has 4 nitrogen and oxygen atoms in total. The Morgan fingerprint density at radius 2 is 1.67 bits per heavy atom. The number of carbonyl (C=O) groups is 2. The minimum Gasteiger partial charge on any atom is -0.326 e. The van der Waals surface area contributed by atoms with Crippen LogP contribution < -0.4 is 10.6 Å². The molecule has 2 aromatic rings. The second kappa shape index (κ2) is 6.61. The second-order valence-corrected chi connectivity index (χ2v) is 6.33. The Hall–Kier alpha value is -2.40. The molecule has 2 atom stereocenters. The minimum absolute atomic E-state index is 0.181. The highest BCUT2D eigenvalue weighted by molar-refractivity contribution is 6.30. The van der Waals surface area contributed by atoms with Gasteiger partial charge in [0.2, 0.25) is 11.8 Å². The van der Waals surface area contributed by atoms with E-state index in [-0.39, 0.29) is 29.5 Å². The fourth-order valence-corrected chi connectivity index (χ4v) is 2.76. The number of hydrogen-bond donors (Lipinski definition) is 2. The summed E-state index contributed by atoms with van der Waals surface area (Å²) in [4.78, 5) is 24.4. The Balaban J connectivity index is 1.57. The van der Waals surface area contributed by atoms with Gasteiger partial charge in [-0.05, 0) is 61.4 Å². The lowest BCUT2D eigenvalue weighted by Crippen LogP contribution is -2.20. The molecule has 2 amide bonds. The highest BCUT2D eigenvalue weighted by atomic mass is 35.5. The van der Waals surface area contributed by atoms with Crippen LogP contribution in [0.1, 0.15) is 12.0 Å². The van der Waals surface area contributed by atoms with E-state index in [0.717, 1.165) is 5.56 Å². The third kappa shape index (κ3) is 3.74. The molecule has 3 rings (SSSR count). The van der Waals surface area contributed by atoms with Gasteiger partial charge in [0.25, 0.3) is 0 Å². The molecular weight excluding hydrogens is 331 g/mol. The largest absolute Gasteiger partial charge is 0.326 e. The highest BCUT2D eigenvalue weighted by Crippen LogP contribution is 2.40. The van der Waals surface area contributed by atoms with E-state index in [2.05, 4.69) is 10.6 Å². The van der Waals surface area contributed by atoms with E-state index >= 15 is 0 Å². The molecule has 1 aliphatic carbocycles. The molecule has 0 aliphatic heterocycles. The van der Waals surface area contributed by atoms with Gasteiger partial charge >= 0.3 is 0 Å². The molecule has 0 radical (unpaired) electrons. The van der Waals surface area contributed by atoms with Crippen molar-refractivity contribution in [2.24, 2.45) is 11.8 Å². The summed E-state index contributed by atoms with van der Waals surface area (Å²) in [5, 5.41) is 6.13. The Kier molecular flexibility index (Phi) is 4.53. The average molecular weight is 347 g/mol. The van der Waals surface area contributed by atoms with Gasteiger partial charge in [-0.2, -0.15) is 0 Å². The summed E-state index contributed by atoms with van der Waals surface area (Å²) in [6.45, 7) is 1.85. The van der Waals surface area contributed by atoms with Gasteiger partial charge < -0.3 is 10.6 Å². The summed E-state index contributed by atoms with van der Waals surface area (Å²) in [6.07, 6.45) is 0.505. The lowest BCUT2D eigenvalue weighted by atomic mass is 10.2. The van der Waals surface area contributed by atoms with Gasteiger partial charge in [-0.15, -0.1) is 0 Å². The fraction of sp³-hybridized carbons (Fsp3) is 0.222. The molecule has 2 aromatic carbocycles. The molecule has 0 heterocycles. The van der Waals surface area contributed by atoms with Crippen molar-refractivity contribution < 1.29 is 14.0 Å². The number of rotatable bonds is 4. The van der Waals surface area contributed by atoms with Gasteiger partial charge in [-0.25, -0.2) is 4.39 Å². The number of amides is 2. The molecule has 2 unspecified atom stereocenters. The summed E-state index contributed by atoms with van der Waals surface area (Å²) in [5.41, 5.74) is 2.07. The van der Waals surface area contributed by atoms with E-state index in [1.54, 1.807) is 18.2 Å². The molecule has 124 valence electrons. The van der Waals surface area contributed by atoms with Crippen molar-refractivity contribution in [3.63, 3.8) is 0 Å². The smallest absolute Gasteiger partial charge is 0.228 e. The number of aryl methyl sites for hydroxylation is 1. The van der Waals surface area contributed by atoms with E-state index < -0.39 is 0 Å². The standard InChI is InChI=1S/C18H16ClFN2O2/c1-10-8-11(19)2-7-16(10)22-18(24)15-9-14(15)17(23)21-13-5-3-12(20)4-6-13/h2-8,14-15H,9H2,1H3,(H,21,23)(H,22,24). The summed E-state index contributed by atoms with van der Waals surface area (Å²) < 4.78 is 12.9. The zero-order valence-electron chi connectivity index (χ0n) is 13.0. The second-order valence-electron chi connectivity index (χ2n) is 5.89. The minimum atomic E-state index is -0.366. The zero-order valence-corrected chi connectivity index (χ0v) is 13.7. The molecular formula is C18H16ClFN2O2. The Morgan fingerprint density at radius 1 is 1.04 bits per heavy atom. The van der Waals surface area contributed by atoms with Crippen molar-refractivity contribution in [3.05, 3.63) is 58.9 Å². The van der Waals surface area contributed by atoms with Crippen LogP contribution in [-0.2, 0) is 9.59 Å². The summed E-state index contributed by atoms with van der Waals surface area (Å²) in [5.74, 6) is -1.48. The molecule has 1 aliphatic rings. The van der Waals surface area contributed by atoms with Gasteiger partial charge in [0, 0.05) is 16.4 Å². The van der Waals surface area contributed by atoms with Crippen LogP contribution >= 0.6 is 11.6 Å². The maximum atomic E-state index is 12.9. The number of nitrogens with one attached hydrogen (secondary N) is 2. The third-order valence-corrected chi connectivity index (χ3v) is 4.26. The Labute approximate surface area is 144 Å². The fourth-order valence-electron chi connectivity index (χ4n) is 2.54. The Bertz CT molecular complexity index is 792. The van der Waals surface area contributed by atoms with Crippen LogP contribution in [-0.4, -0.2) is 11.8 Å². The first-order chi connectivity index (χ1) is 11.4. The molecule has 1 fully saturated rings. The highest BCUT2D eigenvalue weighted by Gasteiger charge is 2.48. The molecule has 6 heteroatoms. The van der Waals surface area contributed by atoms with Crippen molar-refractivity contribution in [3.8, 4) is 0 Å². The SMILES string of the molecule is Cc1cc(Cl)ccc1NC(=O)C1CC1C(=O)Nc1ccc(F)cc1. The van der Waals surface area contributed by atoms with Crippen LogP contribution in [0.2, 0.25) is 5.02 Å². The molecule has 0 spiro atoms. The average Bonchev–Trinajstić information content (AvgIpc) is 3.33. The predicted molar refractivity (Wildman–Crippen MR) is 91.4 cm³/mol. The zero-order chi connectivity index (χ0) is 17.3. The van der Waals surface area contributed by atoms with Crippen LogP contribution in [0, 0.1) is 24.6 Å². The first kappa shape index (κ1) is 16.5. The normalized spacial score (nSPS) is 18.8. The number of hydrogen-bond acceptors (Lipinski definition) is 2. The summed E-state index contributed by atoms with van der Waals surface area (Å²) >= 11 is 5.89. The monoisotopic (exact) mass is 346 g/mol. The first-order valence-electron chi connectivity index (χ1n) is 7.57. The van der Waals surface area contributed by atoms with E-state index in [9.17, 15) is 14.0 Å². The number of benzene rings is 2. The molecule has 2 N–H and O–H groups in total. The topological polar surface area (TPSA) is 58.2 Å². The summed E-state index contributed by atoms with van der Waals surface area (Å²) in [7, 11) is 0. The van der Waals surface area contributed by atoms with Crippen LogP contribution in [0.3, 0.4) is 0 Å². The van der Waals surface area contributed by atoms with E-state index in [0.29, 0.717) is 22.8 Å². The third-order valence-electron chi connectivity index (χ3n) is 4.02. The van der Waals surface area contributed by atoms with E-state index in [1.807, 2.05) is 6.92 Å². The lowest BCUT2D eigenvalue weighted by molar-refractivity contribution is -0.122. The van der Waals surface area contributed by atoms with Gasteiger partial charge in [-0.3, -0.25) is 9.59 Å². The molecule has 0 saturated heterocycles. The Morgan fingerprint density at radius 3 is 2.29 bits per heavy atom.